The maximum absolute atomic E-state index is 11.2. The zero-order valence-electron chi connectivity index (χ0n) is 9.91. The number of hydrogen-bond acceptors (Lipinski definition) is 4. The Bertz CT molecular complexity index is 770. The number of rotatable bonds is 2. The molecule has 0 bridgehead atoms. The highest BCUT2D eigenvalue weighted by atomic mass is 16.4. The predicted octanol–water partition coefficient (Wildman–Crippen LogP) is 1.98. The van der Waals surface area contributed by atoms with Crippen LogP contribution in [0.2, 0.25) is 0 Å². The van der Waals surface area contributed by atoms with Gasteiger partial charge in [-0.2, -0.15) is 10.5 Å². The van der Waals surface area contributed by atoms with Gasteiger partial charge >= 0.3 is 11.9 Å². The molecule has 0 unspecified atom stereocenters. The molecule has 0 radical (unpaired) electrons. The first-order chi connectivity index (χ1) is 9.51. The lowest BCUT2D eigenvalue weighted by Crippen LogP contribution is -2.05. The van der Waals surface area contributed by atoms with E-state index in [2.05, 4.69) is 0 Å². The molecule has 0 spiro atoms. The van der Waals surface area contributed by atoms with Gasteiger partial charge in [0.05, 0.1) is 34.4 Å². The van der Waals surface area contributed by atoms with E-state index in [0.29, 0.717) is 0 Å². The molecule has 0 fully saturated rings. The molecule has 2 N–H and O–H groups in total. The third-order valence-electron chi connectivity index (χ3n) is 2.86. The molecule has 0 aliphatic carbocycles. The largest absolute Gasteiger partial charge is 0.478 e. The van der Waals surface area contributed by atoms with Crippen LogP contribution < -0.4 is 0 Å². The van der Waals surface area contributed by atoms with Crippen LogP contribution in [0.25, 0.3) is 10.8 Å². The van der Waals surface area contributed by atoms with E-state index in [-0.39, 0.29) is 33.0 Å². The van der Waals surface area contributed by atoms with Crippen LogP contribution in [0.4, 0.5) is 0 Å². The van der Waals surface area contributed by atoms with Gasteiger partial charge < -0.3 is 10.2 Å². The van der Waals surface area contributed by atoms with Crippen molar-refractivity contribution >= 4 is 22.7 Å². The normalized spacial score (nSPS) is 9.70. The first kappa shape index (κ1) is 13.1. The van der Waals surface area contributed by atoms with Gasteiger partial charge in [-0.3, -0.25) is 0 Å². The molecule has 0 saturated carbocycles. The predicted molar refractivity (Wildman–Crippen MR) is 67.3 cm³/mol. The average Bonchev–Trinajstić information content (AvgIpc) is 2.44. The Balaban J connectivity index is 3.15. The summed E-state index contributed by atoms with van der Waals surface area (Å²) in [5.41, 5.74) is -0.392. The van der Waals surface area contributed by atoms with Gasteiger partial charge in [-0.05, 0) is 24.3 Å². The molecule has 0 aliphatic heterocycles. The fourth-order valence-electron chi connectivity index (χ4n) is 2.04. The van der Waals surface area contributed by atoms with E-state index in [1.165, 1.54) is 24.3 Å². The van der Waals surface area contributed by atoms with E-state index in [9.17, 15) is 9.59 Å². The summed E-state index contributed by atoms with van der Waals surface area (Å²) in [6.45, 7) is 0. The van der Waals surface area contributed by atoms with Crippen molar-refractivity contribution in [3.8, 4) is 12.1 Å². The molecule has 2 rings (SSSR count). The maximum atomic E-state index is 11.2. The number of nitriles is 2. The molecule has 2 aromatic carbocycles. The summed E-state index contributed by atoms with van der Waals surface area (Å²) in [4.78, 5) is 22.4. The van der Waals surface area contributed by atoms with E-state index >= 15 is 0 Å². The zero-order valence-corrected chi connectivity index (χ0v) is 9.91. The van der Waals surface area contributed by atoms with E-state index in [0.717, 1.165) is 0 Å². The minimum atomic E-state index is -1.29. The molecule has 6 nitrogen and oxygen atoms in total. The van der Waals surface area contributed by atoms with Crippen molar-refractivity contribution in [1.29, 1.82) is 10.5 Å². The second-order valence-corrected chi connectivity index (χ2v) is 3.91. The van der Waals surface area contributed by atoms with Gasteiger partial charge in [-0.1, -0.05) is 0 Å². The minimum absolute atomic E-state index is 0.0134. The molecular weight excluding hydrogens is 260 g/mol. The smallest absolute Gasteiger partial charge is 0.336 e. The summed E-state index contributed by atoms with van der Waals surface area (Å²) in [6, 6.07) is 8.49. The van der Waals surface area contributed by atoms with Crippen molar-refractivity contribution in [3.63, 3.8) is 0 Å². The second-order valence-electron chi connectivity index (χ2n) is 3.91. The molecule has 0 aromatic heterocycles. The lowest BCUT2D eigenvalue weighted by molar-refractivity contribution is 0.0686. The van der Waals surface area contributed by atoms with Crippen LogP contribution >= 0.6 is 0 Å². The highest BCUT2D eigenvalue weighted by Crippen LogP contribution is 2.29. The van der Waals surface area contributed by atoms with Gasteiger partial charge in [-0.25, -0.2) is 9.59 Å². The number of aromatic carboxylic acids is 2. The summed E-state index contributed by atoms with van der Waals surface area (Å²) >= 11 is 0. The summed E-state index contributed by atoms with van der Waals surface area (Å²) in [5.74, 6) is -2.59. The SMILES string of the molecule is N#Cc1ccc(C(=O)O)c2c(C#N)ccc(C(=O)O)c12. The number of carbonyl (C=O) groups is 2. The van der Waals surface area contributed by atoms with Gasteiger partial charge in [0.1, 0.15) is 0 Å². The van der Waals surface area contributed by atoms with Crippen molar-refractivity contribution in [2.45, 2.75) is 0 Å². The monoisotopic (exact) mass is 266 g/mol. The van der Waals surface area contributed by atoms with Gasteiger partial charge in [-0.15, -0.1) is 0 Å². The maximum Gasteiger partial charge on any atom is 0.336 e. The molecule has 2 aromatic rings. The Labute approximate surface area is 112 Å². The number of nitrogens with zero attached hydrogens (tertiary/aromatic N) is 2. The van der Waals surface area contributed by atoms with Gasteiger partial charge in [0.25, 0.3) is 0 Å². The van der Waals surface area contributed by atoms with E-state index in [1.807, 2.05) is 12.1 Å². The summed E-state index contributed by atoms with van der Waals surface area (Å²) in [7, 11) is 0. The number of hydrogen-bond donors (Lipinski definition) is 2. The van der Waals surface area contributed by atoms with Crippen molar-refractivity contribution in [3.05, 3.63) is 46.5 Å². The van der Waals surface area contributed by atoms with E-state index in [1.54, 1.807) is 0 Å². The minimum Gasteiger partial charge on any atom is -0.478 e. The lowest BCUT2D eigenvalue weighted by Gasteiger charge is -2.09. The Kier molecular flexibility index (Phi) is 3.08. The van der Waals surface area contributed by atoms with Crippen LogP contribution in [0, 0.1) is 22.7 Å². The van der Waals surface area contributed by atoms with Crippen LogP contribution in [0.5, 0.6) is 0 Å². The summed E-state index contributed by atoms with van der Waals surface area (Å²) < 4.78 is 0. The first-order valence-electron chi connectivity index (χ1n) is 5.37. The highest BCUT2D eigenvalue weighted by molar-refractivity contribution is 6.14. The number of fused-ring (bicyclic) bond motifs is 1. The molecule has 0 atom stereocenters. The van der Waals surface area contributed by atoms with E-state index in [4.69, 9.17) is 20.7 Å². The number of benzene rings is 2. The molecule has 0 saturated heterocycles. The molecule has 6 heteroatoms. The standard InChI is InChI=1S/C14H6N2O4/c15-5-7-1-3-9(13(17)18)12-8(6-16)2-4-10(11(7)12)14(19)20/h1-4H,(H,17,18)(H,19,20). The zero-order chi connectivity index (χ0) is 14.9. The second kappa shape index (κ2) is 4.71. The third-order valence-corrected chi connectivity index (χ3v) is 2.86. The third kappa shape index (κ3) is 1.82. The highest BCUT2D eigenvalue weighted by Gasteiger charge is 2.20. The van der Waals surface area contributed by atoms with Crippen molar-refractivity contribution in [1.82, 2.24) is 0 Å². The summed E-state index contributed by atoms with van der Waals surface area (Å²) in [6.07, 6.45) is 0. The first-order valence-corrected chi connectivity index (χ1v) is 5.37. The Hall–Kier alpha value is -3.38. The van der Waals surface area contributed by atoms with Crippen LogP contribution in [0.1, 0.15) is 31.8 Å². The lowest BCUT2D eigenvalue weighted by atomic mass is 9.92. The van der Waals surface area contributed by atoms with Crippen LogP contribution in [-0.2, 0) is 0 Å². The molecule has 0 heterocycles. The summed E-state index contributed by atoms with van der Waals surface area (Å²) in [5, 5.41) is 36.4. The molecule has 0 aliphatic rings. The van der Waals surface area contributed by atoms with Crippen LogP contribution in [0.3, 0.4) is 0 Å². The Morgan fingerprint density at radius 1 is 0.800 bits per heavy atom. The van der Waals surface area contributed by atoms with Crippen molar-refractivity contribution in [2.75, 3.05) is 0 Å². The van der Waals surface area contributed by atoms with Crippen LogP contribution in [0.15, 0.2) is 24.3 Å². The Morgan fingerprint density at radius 3 is 1.40 bits per heavy atom. The van der Waals surface area contributed by atoms with E-state index < -0.39 is 11.9 Å². The fourth-order valence-corrected chi connectivity index (χ4v) is 2.04. The fraction of sp³-hybridized carbons (Fsp3) is 0. The quantitative estimate of drug-likeness (QED) is 0.856. The molecule has 0 amide bonds. The molecular formula is C14H6N2O4. The van der Waals surface area contributed by atoms with Crippen molar-refractivity contribution in [2.24, 2.45) is 0 Å². The number of carboxylic acid groups (broad SMARTS) is 2. The number of carboxylic acids is 2. The van der Waals surface area contributed by atoms with Crippen LogP contribution in [-0.4, -0.2) is 22.2 Å². The van der Waals surface area contributed by atoms with Gasteiger partial charge in [0.2, 0.25) is 0 Å². The Morgan fingerprint density at radius 2 is 1.15 bits per heavy atom. The van der Waals surface area contributed by atoms with Crippen molar-refractivity contribution < 1.29 is 19.8 Å². The topological polar surface area (TPSA) is 122 Å². The molecule has 20 heavy (non-hydrogen) atoms. The van der Waals surface area contributed by atoms with Gasteiger partial charge in [0, 0.05) is 10.8 Å². The molecule has 96 valence electrons. The average molecular weight is 266 g/mol. The van der Waals surface area contributed by atoms with Gasteiger partial charge in [0.15, 0.2) is 0 Å².